The Balaban J connectivity index is 1.81. The number of thiazole rings is 1. The van der Waals surface area contributed by atoms with Crippen molar-refractivity contribution >= 4 is 49.9 Å². The SMILES string of the molecule is O=C(C1CCCO1)N(c1cccc(Cl)c1)c1nc2ccccc2s1. The lowest BCUT2D eigenvalue weighted by molar-refractivity contribution is -0.126. The van der Waals surface area contributed by atoms with Gasteiger partial charge in [0, 0.05) is 11.6 Å². The van der Waals surface area contributed by atoms with Gasteiger partial charge in [-0.05, 0) is 43.2 Å². The number of hydrogen-bond acceptors (Lipinski definition) is 4. The number of fused-ring (bicyclic) bond motifs is 1. The van der Waals surface area contributed by atoms with Crippen molar-refractivity contribution in [1.82, 2.24) is 4.98 Å². The van der Waals surface area contributed by atoms with Gasteiger partial charge in [0.2, 0.25) is 0 Å². The van der Waals surface area contributed by atoms with Crippen LogP contribution in [0.15, 0.2) is 48.5 Å². The van der Waals surface area contributed by atoms with Crippen molar-refractivity contribution in [3.63, 3.8) is 0 Å². The summed E-state index contributed by atoms with van der Waals surface area (Å²) in [6.45, 7) is 0.625. The first-order valence-electron chi connectivity index (χ1n) is 7.79. The molecule has 24 heavy (non-hydrogen) atoms. The van der Waals surface area contributed by atoms with E-state index in [2.05, 4.69) is 4.98 Å². The average Bonchev–Trinajstić information content (AvgIpc) is 3.24. The van der Waals surface area contributed by atoms with Gasteiger partial charge in [-0.2, -0.15) is 0 Å². The third-order valence-corrected chi connectivity index (χ3v) is 5.22. The molecule has 1 unspecified atom stereocenters. The fraction of sp³-hybridized carbons (Fsp3) is 0.222. The lowest BCUT2D eigenvalue weighted by Crippen LogP contribution is -2.35. The molecule has 1 aromatic heterocycles. The molecule has 2 aromatic carbocycles. The zero-order valence-corrected chi connectivity index (χ0v) is 14.4. The Morgan fingerprint density at radius 2 is 2.12 bits per heavy atom. The van der Waals surface area contributed by atoms with E-state index < -0.39 is 6.10 Å². The van der Waals surface area contributed by atoms with Crippen molar-refractivity contribution in [3.05, 3.63) is 53.6 Å². The maximum atomic E-state index is 13.1. The number of ether oxygens (including phenoxy) is 1. The van der Waals surface area contributed by atoms with Crippen molar-refractivity contribution in [2.75, 3.05) is 11.5 Å². The van der Waals surface area contributed by atoms with Gasteiger partial charge in [0.1, 0.15) is 6.10 Å². The summed E-state index contributed by atoms with van der Waals surface area (Å²) in [5, 5.41) is 1.22. The highest BCUT2D eigenvalue weighted by atomic mass is 35.5. The summed E-state index contributed by atoms with van der Waals surface area (Å²) < 4.78 is 6.64. The molecular formula is C18H15ClN2O2S. The van der Waals surface area contributed by atoms with E-state index in [1.54, 1.807) is 17.0 Å². The van der Waals surface area contributed by atoms with Crippen LogP contribution in [0.5, 0.6) is 0 Å². The molecule has 4 rings (SSSR count). The number of carbonyl (C=O) groups excluding carboxylic acids is 1. The molecule has 0 radical (unpaired) electrons. The molecule has 1 fully saturated rings. The number of aromatic nitrogens is 1. The third kappa shape index (κ3) is 2.90. The first-order chi connectivity index (χ1) is 11.7. The molecule has 1 amide bonds. The van der Waals surface area contributed by atoms with E-state index in [-0.39, 0.29) is 5.91 Å². The third-order valence-electron chi connectivity index (χ3n) is 3.97. The molecule has 1 saturated heterocycles. The molecule has 1 aliphatic rings. The van der Waals surface area contributed by atoms with E-state index in [1.807, 2.05) is 36.4 Å². The van der Waals surface area contributed by atoms with Gasteiger partial charge >= 0.3 is 0 Å². The van der Waals surface area contributed by atoms with Gasteiger partial charge in [0.05, 0.1) is 15.9 Å². The molecule has 2 heterocycles. The van der Waals surface area contributed by atoms with Crippen LogP contribution in [0.4, 0.5) is 10.8 Å². The summed E-state index contributed by atoms with van der Waals surface area (Å²) in [6, 6.07) is 15.1. The molecule has 0 aliphatic carbocycles. The fourth-order valence-electron chi connectivity index (χ4n) is 2.82. The number of anilines is 2. The van der Waals surface area contributed by atoms with Gasteiger partial charge in [-0.25, -0.2) is 4.98 Å². The summed E-state index contributed by atoms with van der Waals surface area (Å²) in [5.41, 5.74) is 1.59. The topological polar surface area (TPSA) is 42.4 Å². The van der Waals surface area contributed by atoms with E-state index in [1.165, 1.54) is 11.3 Å². The van der Waals surface area contributed by atoms with Gasteiger partial charge in [0.25, 0.3) is 5.91 Å². The van der Waals surface area contributed by atoms with E-state index in [0.717, 1.165) is 23.1 Å². The molecule has 4 nitrogen and oxygen atoms in total. The normalized spacial score (nSPS) is 17.3. The predicted octanol–water partition coefficient (Wildman–Crippen LogP) is 4.79. The number of rotatable bonds is 3. The molecule has 3 aromatic rings. The molecule has 6 heteroatoms. The van der Waals surface area contributed by atoms with Crippen molar-refractivity contribution in [1.29, 1.82) is 0 Å². The number of nitrogens with zero attached hydrogens (tertiary/aromatic N) is 2. The van der Waals surface area contributed by atoms with Crippen LogP contribution >= 0.6 is 22.9 Å². The van der Waals surface area contributed by atoms with Crippen LogP contribution in [0.1, 0.15) is 12.8 Å². The molecule has 0 N–H and O–H groups in total. The number of hydrogen-bond donors (Lipinski definition) is 0. The second-order valence-electron chi connectivity index (χ2n) is 5.62. The van der Waals surface area contributed by atoms with E-state index in [0.29, 0.717) is 22.4 Å². The Morgan fingerprint density at radius 1 is 1.25 bits per heavy atom. The maximum Gasteiger partial charge on any atom is 0.262 e. The van der Waals surface area contributed by atoms with Crippen LogP contribution in [0.3, 0.4) is 0 Å². The van der Waals surface area contributed by atoms with Crippen LogP contribution in [-0.2, 0) is 9.53 Å². The highest BCUT2D eigenvalue weighted by molar-refractivity contribution is 7.22. The van der Waals surface area contributed by atoms with Gasteiger partial charge in [-0.3, -0.25) is 9.69 Å². The minimum atomic E-state index is -0.420. The van der Waals surface area contributed by atoms with E-state index >= 15 is 0 Å². The summed E-state index contributed by atoms with van der Waals surface area (Å²) >= 11 is 7.62. The van der Waals surface area contributed by atoms with E-state index in [4.69, 9.17) is 16.3 Å². The van der Waals surface area contributed by atoms with Crippen LogP contribution < -0.4 is 4.90 Å². The molecule has 122 valence electrons. The minimum Gasteiger partial charge on any atom is -0.368 e. The molecule has 1 aliphatic heterocycles. The lowest BCUT2D eigenvalue weighted by atomic mass is 10.2. The summed E-state index contributed by atoms with van der Waals surface area (Å²) in [7, 11) is 0. The average molecular weight is 359 g/mol. The van der Waals surface area contributed by atoms with Crippen LogP contribution in [-0.4, -0.2) is 23.6 Å². The van der Waals surface area contributed by atoms with Crippen LogP contribution in [0.25, 0.3) is 10.2 Å². The lowest BCUT2D eigenvalue weighted by Gasteiger charge is -2.23. The van der Waals surface area contributed by atoms with Gasteiger partial charge in [0.15, 0.2) is 5.13 Å². The number of carbonyl (C=O) groups is 1. The minimum absolute atomic E-state index is 0.0891. The highest BCUT2D eigenvalue weighted by Crippen LogP contribution is 2.35. The summed E-state index contributed by atoms with van der Waals surface area (Å²) in [5.74, 6) is -0.0891. The highest BCUT2D eigenvalue weighted by Gasteiger charge is 2.31. The first kappa shape index (κ1) is 15.6. The Kier molecular flexibility index (Phi) is 4.22. The van der Waals surface area contributed by atoms with Crippen molar-refractivity contribution in [2.24, 2.45) is 0 Å². The van der Waals surface area contributed by atoms with Crippen molar-refractivity contribution in [2.45, 2.75) is 18.9 Å². The van der Waals surface area contributed by atoms with Crippen LogP contribution in [0.2, 0.25) is 5.02 Å². The quantitative estimate of drug-likeness (QED) is 0.675. The molecule has 0 saturated carbocycles. The second-order valence-corrected chi connectivity index (χ2v) is 7.06. The summed E-state index contributed by atoms with van der Waals surface area (Å²) in [6.07, 6.45) is 1.22. The van der Waals surface area contributed by atoms with Gasteiger partial charge in [-0.1, -0.05) is 41.1 Å². The maximum absolute atomic E-state index is 13.1. The molecular weight excluding hydrogens is 344 g/mol. The molecule has 0 spiro atoms. The first-order valence-corrected chi connectivity index (χ1v) is 8.98. The number of amides is 1. The number of halogens is 1. The Morgan fingerprint density at radius 3 is 2.88 bits per heavy atom. The zero-order chi connectivity index (χ0) is 16.5. The summed E-state index contributed by atoms with van der Waals surface area (Å²) in [4.78, 5) is 19.3. The Hall–Kier alpha value is -1.95. The number of benzene rings is 2. The molecule has 0 bridgehead atoms. The monoisotopic (exact) mass is 358 g/mol. The standard InChI is InChI=1S/C18H15ClN2O2S/c19-12-5-3-6-13(11-12)21(17(22)15-8-4-10-23-15)18-20-14-7-1-2-9-16(14)24-18/h1-3,5-7,9,11,15H,4,8,10H2. The fourth-order valence-corrected chi connectivity index (χ4v) is 4.00. The molecule has 1 atom stereocenters. The Bertz CT molecular complexity index is 856. The zero-order valence-electron chi connectivity index (χ0n) is 12.8. The number of para-hydroxylation sites is 1. The Labute approximate surface area is 148 Å². The van der Waals surface area contributed by atoms with Crippen molar-refractivity contribution in [3.8, 4) is 0 Å². The smallest absolute Gasteiger partial charge is 0.262 e. The van der Waals surface area contributed by atoms with Crippen LogP contribution in [0, 0.1) is 0 Å². The predicted molar refractivity (Wildman–Crippen MR) is 97.2 cm³/mol. The van der Waals surface area contributed by atoms with Gasteiger partial charge in [-0.15, -0.1) is 0 Å². The second kappa shape index (κ2) is 6.51. The largest absolute Gasteiger partial charge is 0.368 e. The van der Waals surface area contributed by atoms with E-state index in [9.17, 15) is 4.79 Å². The van der Waals surface area contributed by atoms with Gasteiger partial charge < -0.3 is 4.74 Å². The van der Waals surface area contributed by atoms with Crippen molar-refractivity contribution < 1.29 is 9.53 Å².